The van der Waals surface area contributed by atoms with Gasteiger partial charge in [0.05, 0.1) is 0 Å². The van der Waals surface area contributed by atoms with Crippen LogP contribution in [-0.4, -0.2) is 31.2 Å². The Morgan fingerprint density at radius 2 is 1.20 bits per heavy atom. The number of rotatable bonds is 3. The van der Waals surface area contributed by atoms with Crippen LogP contribution in [0.2, 0.25) is 0 Å². The minimum atomic E-state index is -0.417. The van der Waals surface area contributed by atoms with Crippen LogP contribution >= 0.6 is 15.2 Å². The fourth-order valence-electron chi connectivity index (χ4n) is 3.30. The Bertz CT molecular complexity index is 253. The van der Waals surface area contributed by atoms with E-state index < -0.39 is 12.2 Å². The molecule has 0 radical (unpaired) electrons. The molecule has 1 saturated carbocycles. The standard InChI is InChI=1S/C13H27P.2C3H7O.CH4P.Ti/c1-10(2)13(11(3)4)8-6-7-12(9-13)14-5;2*1-3(2)4;1-2;/h10-12,14H,6-9H2,1-5H3;2*3H,1-2H3;2H,1H3;/q;3*-1;+3. The van der Waals surface area contributed by atoms with Crippen LogP contribution in [0, 0.1) is 17.3 Å². The third kappa shape index (κ3) is 18.6. The summed E-state index contributed by atoms with van der Waals surface area (Å²) in [6.07, 6.45) is 5.11. The van der Waals surface area contributed by atoms with Crippen molar-refractivity contribution in [3.05, 3.63) is 0 Å². The summed E-state index contributed by atoms with van der Waals surface area (Å²) in [7, 11) is 1.16. The third-order valence-electron chi connectivity index (χ3n) is 4.53. The fraction of sp³-hybridized carbons (Fsp3) is 1.00. The molecule has 0 aromatic heterocycles. The molecule has 25 heavy (non-hydrogen) atoms. The van der Waals surface area contributed by atoms with Crippen molar-refractivity contribution in [2.45, 2.75) is 98.9 Å². The first-order valence-corrected chi connectivity index (χ1v) is 15.1. The van der Waals surface area contributed by atoms with Crippen molar-refractivity contribution in [2.24, 2.45) is 17.3 Å². The van der Waals surface area contributed by atoms with Gasteiger partial charge in [0, 0.05) is 0 Å². The normalized spacial score (nSPS) is 19.8. The molecule has 0 aromatic rings. The molecule has 0 aromatic carbocycles. The molecule has 1 aliphatic carbocycles. The molecular formula is C20H45O2P2Ti. The van der Waals surface area contributed by atoms with Crippen molar-refractivity contribution >= 4 is 15.2 Å². The summed E-state index contributed by atoms with van der Waals surface area (Å²) in [5, 5.41) is 19.1. The van der Waals surface area contributed by atoms with Gasteiger partial charge in [0.2, 0.25) is 0 Å². The maximum absolute atomic E-state index is 9.53. The van der Waals surface area contributed by atoms with Gasteiger partial charge >= 0.3 is 33.2 Å². The molecule has 0 aliphatic heterocycles. The molecular weight excluding hydrogens is 382 g/mol. The Balaban J connectivity index is -0.000000363. The average molecular weight is 427 g/mol. The molecule has 1 aliphatic rings. The van der Waals surface area contributed by atoms with E-state index in [0.717, 1.165) is 32.6 Å². The zero-order chi connectivity index (χ0) is 20.6. The van der Waals surface area contributed by atoms with Gasteiger partial charge in [-0.2, -0.15) is 0 Å². The van der Waals surface area contributed by atoms with Crippen LogP contribution in [0.5, 0.6) is 0 Å². The summed E-state index contributed by atoms with van der Waals surface area (Å²) in [6.45, 7) is 21.8. The molecule has 0 spiro atoms. The predicted octanol–water partition coefficient (Wildman–Crippen LogP) is 4.80. The van der Waals surface area contributed by atoms with Crippen LogP contribution in [0.25, 0.3) is 0 Å². The van der Waals surface area contributed by atoms with E-state index in [1.165, 1.54) is 25.7 Å². The topological polar surface area (TPSA) is 46.1 Å². The molecule has 151 valence electrons. The molecule has 3 atom stereocenters. The fourth-order valence-corrected chi connectivity index (χ4v) is 4.38. The first-order chi connectivity index (χ1) is 11.4. The molecule has 0 heterocycles. The summed E-state index contributed by atoms with van der Waals surface area (Å²) < 4.78 is 0. The molecule has 0 amide bonds. The van der Waals surface area contributed by atoms with Crippen LogP contribution < -0.4 is 10.2 Å². The second kappa shape index (κ2) is 18.8. The van der Waals surface area contributed by atoms with Crippen molar-refractivity contribution in [3.63, 3.8) is 0 Å². The molecule has 0 N–H and O–H groups in total. The number of hydrogen-bond acceptors (Lipinski definition) is 2. The summed E-state index contributed by atoms with van der Waals surface area (Å²) in [5.41, 5.74) is 1.69. The van der Waals surface area contributed by atoms with Gasteiger partial charge in [-0.15, -0.1) is 20.8 Å². The Hall–Kier alpha value is 1.49. The molecule has 1 rings (SSSR count). The first-order valence-electron chi connectivity index (χ1n) is 9.73. The second-order valence-corrected chi connectivity index (χ2v) is 12.2. The number of hydrogen-bond donors (Lipinski definition) is 0. The molecule has 0 saturated heterocycles. The summed E-state index contributed by atoms with van der Waals surface area (Å²) in [6, 6.07) is 0. The first kappa shape index (κ1) is 31.2. The van der Waals surface area contributed by atoms with Crippen molar-refractivity contribution in [1.82, 2.24) is 0 Å². The van der Waals surface area contributed by atoms with Gasteiger partial charge in [-0.05, 0) is 48.8 Å². The monoisotopic (exact) mass is 427 g/mol. The molecule has 2 nitrogen and oxygen atoms in total. The average Bonchev–Trinajstić information content (AvgIpc) is 2.46. The van der Waals surface area contributed by atoms with Crippen LogP contribution in [0.3, 0.4) is 0 Å². The van der Waals surface area contributed by atoms with Gasteiger partial charge in [-0.25, -0.2) is 0 Å². The second-order valence-electron chi connectivity index (χ2n) is 7.97. The van der Waals surface area contributed by atoms with Gasteiger partial charge < -0.3 is 10.2 Å². The molecule has 0 bridgehead atoms. The van der Waals surface area contributed by atoms with E-state index in [9.17, 15) is 10.2 Å². The van der Waals surface area contributed by atoms with Crippen molar-refractivity contribution in [3.8, 4) is 0 Å². The SMILES string of the molecule is CC(C)[O-].CC(C)[O-].CPC1CCCC(C(C)C)(C(C)C)C1.C[PH][Ti+2]. The van der Waals surface area contributed by atoms with Crippen LogP contribution in [0.1, 0.15) is 81.1 Å². The molecule has 5 heteroatoms. The van der Waals surface area contributed by atoms with Gasteiger partial charge in [-0.1, -0.05) is 61.8 Å². The Morgan fingerprint density at radius 3 is 1.44 bits per heavy atom. The summed E-state index contributed by atoms with van der Waals surface area (Å²) in [5.74, 6) is 1.73. The van der Waals surface area contributed by atoms with E-state index in [0.29, 0.717) is 5.41 Å². The Labute approximate surface area is 174 Å². The zero-order valence-electron chi connectivity index (χ0n) is 18.5. The zero-order valence-corrected chi connectivity index (χ0v) is 22.1. The maximum atomic E-state index is 9.53. The quantitative estimate of drug-likeness (QED) is 0.480. The van der Waals surface area contributed by atoms with E-state index in [1.807, 2.05) is 0 Å². The molecule has 1 fully saturated rings. The van der Waals surface area contributed by atoms with Crippen molar-refractivity contribution in [1.29, 1.82) is 0 Å². The van der Waals surface area contributed by atoms with Crippen LogP contribution in [0.4, 0.5) is 0 Å². The minimum absolute atomic E-state index is 0.417. The predicted molar refractivity (Wildman–Crippen MR) is 113 cm³/mol. The van der Waals surface area contributed by atoms with Crippen LogP contribution in [0.15, 0.2) is 0 Å². The summed E-state index contributed by atoms with van der Waals surface area (Å²) in [4.78, 5) is 0. The Morgan fingerprint density at radius 1 is 0.880 bits per heavy atom. The van der Waals surface area contributed by atoms with Crippen LogP contribution in [-0.2, 0) is 19.9 Å². The van der Waals surface area contributed by atoms with E-state index in [-0.39, 0.29) is 0 Å². The van der Waals surface area contributed by atoms with Gasteiger partial charge in [-0.3, -0.25) is 0 Å². The van der Waals surface area contributed by atoms with Crippen molar-refractivity contribution in [2.75, 3.05) is 13.3 Å². The third-order valence-corrected chi connectivity index (χ3v) is 5.84. The van der Waals surface area contributed by atoms with Crippen molar-refractivity contribution < 1.29 is 30.1 Å². The van der Waals surface area contributed by atoms with Gasteiger partial charge in [0.25, 0.3) is 0 Å². The Kier molecular flexibility index (Phi) is 23.5. The van der Waals surface area contributed by atoms with E-state index in [1.54, 1.807) is 27.7 Å². The molecule has 3 unspecified atom stereocenters. The van der Waals surface area contributed by atoms with E-state index >= 15 is 0 Å². The van der Waals surface area contributed by atoms with Gasteiger partial charge in [0.15, 0.2) is 0 Å². The van der Waals surface area contributed by atoms with E-state index in [4.69, 9.17) is 0 Å². The van der Waals surface area contributed by atoms with E-state index in [2.05, 4.69) is 60.9 Å². The van der Waals surface area contributed by atoms with Gasteiger partial charge in [0.1, 0.15) is 0 Å². The summed E-state index contributed by atoms with van der Waals surface area (Å²) >= 11 is 2.15.